The number of aliphatic carboxylic acids is 1. The molecule has 7 nitrogen and oxygen atoms in total. The average molecular weight is 402 g/mol. The minimum Gasteiger partial charge on any atom is -0.481 e. The van der Waals surface area contributed by atoms with Gasteiger partial charge in [-0.2, -0.15) is 0 Å². The van der Waals surface area contributed by atoms with Gasteiger partial charge in [-0.1, -0.05) is 67.7 Å². The van der Waals surface area contributed by atoms with Gasteiger partial charge in [-0.15, -0.1) is 0 Å². The fourth-order valence-electron chi connectivity index (χ4n) is 2.83. The first-order valence-corrected chi connectivity index (χ1v) is 10.4. The van der Waals surface area contributed by atoms with E-state index < -0.39 is 24.3 Å². The Labute approximate surface area is 169 Å². The number of carboxylic acid groups (broad SMARTS) is 1. The van der Waals surface area contributed by atoms with Crippen LogP contribution in [-0.4, -0.2) is 36.0 Å². The van der Waals surface area contributed by atoms with Gasteiger partial charge in [-0.3, -0.25) is 9.59 Å². The van der Waals surface area contributed by atoms with Crippen molar-refractivity contribution in [3.8, 4) is 0 Å². The summed E-state index contributed by atoms with van der Waals surface area (Å²) in [6, 6.07) is 0. The lowest BCUT2D eigenvalue weighted by Crippen LogP contribution is -2.39. The minimum atomic E-state index is -0.978. The molecule has 0 aromatic heterocycles. The summed E-state index contributed by atoms with van der Waals surface area (Å²) in [5, 5.41) is 11.9. The summed E-state index contributed by atoms with van der Waals surface area (Å²) < 4.78 is 10.5. The lowest BCUT2D eigenvalue weighted by atomic mass is 9.79. The van der Waals surface area contributed by atoms with Crippen LogP contribution in [0.25, 0.3) is 0 Å². The molecule has 28 heavy (non-hydrogen) atoms. The number of amides is 1. The maximum Gasteiger partial charge on any atom is 0.410 e. The highest BCUT2D eigenvalue weighted by atomic mass is 16.7. The van der Waals surface area contributed by atoms with Gasteiger partial charge in [0, 0.05) is 12.5 Å². The Kier molecular flexibility index (Phi) is 12.5. The van der Waals surface area contributed by atoms with Crippen LogP contribution >= 0.6 is 0 Å². The molecule has 2 N–H and O–H groups in total. The second kappa shape index (κ2) is 13.4. The molecule has 0 fully saturated rings. The van der Waals surface area contributed by atoms with Gasteiger partial charge < -0.3 is 19.9 Å². The summed E-state index contributed by atoms with van der Waals surface area (Å²) >= 11 is 0. The predicted octanol–water partition coefficient (Wildman–Crippen LogP) is 4.45. The van der Waals surface area contributed by atoms with Gasteiger partial charge in [0.15, 0.2) is 0 Å². The number of nitrogens with one attached hydrogen (secondary N) is 1. The summed E-state index contributed by atoms with van der Waals surface area (Å²) in [5.41, 5.74) is 0. The van der Waals surface area contributed by atoms with E-state index in [0.29, 0.717) is 5.92 Å². The Bertz CT molecular complexity index is 491. The highest BCUT2D eigenvalue weighted by molar-refractivity contribution is 5.72. The van der Waals surface area contributed by atoms with Gasteiger partial charge in [0.05, 0.1) is 12.3 Å². The van der Waals surface area contributed by atoms with Crippen molar-refractivity contribution in [3.05, 3.63) is 0 Å². The van der Waals surface area contributed by atoms with Gasteiger partial charge in [0.25, 0.3) is 6.29 Å². The van der Waals surface area contributed by atoms with Crippen LogP contribution in [0.2, 0.25) is 0 Å². The maximum atomic E-state index is 12.2. The van der Waals surface area contributed by atoms with Crippen molar-refractivity contribution in [1.82, 2.24) is 5.32 Å². The van der Waals surface area contributed by atoms with E-state index in [-0.39, 0.29) is 36.6 Å². The molecule has 0 aliphatic carbocycles. The number of hydrogen-bond donors (Lipinski definition) is 2. The molecule has 164 valence electrons. The maximum absolute atomic E-state index is 12.2. The van der Waals surface area contributed by atoms with E-state index in [1.165, 1.54) is 0 Å². The van der Waals surface area contributed by atoms with E-state index in [9.17, 15) is 19.5 Å². The fourth-order valence-corrected chi connectivity index (χ4v) is 2.83. The van der Waals surface area contributed by atoms with E-state index in [2.05, 4.69) is 19.2 Å². The quantitative estimate of drug-likeness (QED) is 0.349. The molecule has 4 atom stereocenters. The number of alkyl carbamates (subject to hydrolysis) is 1. The molecule has 0 unspecified atom stereocenters. The van der Waals surface area contributed by atoms with Crippen LogP contribution in [-0.2, 0) is 19.1 Å². The molecule has 0 saturated carbocycles. The van der Waals surface area contributed by atoms with Gasteiger partial charge in [-0.05, 0) is 17.8 Å². The van der Waals surface area contributed by atoms with E-state index in [0.717, 1.165) is 19.3 Å². The summed E-state index contributed by atoms with van der Waals surface area (Å²) in [7, 11) is 0. The number of hydrogen-bond acceptors (Lipinski definition) is 5. The molecular formula is C21H39NO6. The van der Waals surface area contributed by atoms with E-state index in [1.54, 1.807) is 27.7 Å². The van der Waals surface area contributed by atoms with E-state index >= 15 is 0 Å². The molecule has 0 bridgehead atoms. The molecule has 0 heterocycles. The molecule has 1 amide bonds. The molecule has 7 heteroatoms. The van der Waals surface area contributed by atoms with E-state index in [1.807, 2.05) is 6.92 Å². The largest absolute Gasteiger partial charge is 0.481 e. The molecule has 0 saturated heterocycles. The Hall–Kier alpha value is -1.79. The summed E-state index contributed by atoms with van der Waals surface area (Å²) in [6.45, 7) is 13.5. The van der Waals surface area contributed by atoms with Crippen LogP contribution in [0.5, 0.6) is 0 Å². The first-order chi connectivity index (χ1) is 13.0. The molecule has 0 aliphatic rings. The van der Waals surface area contributed by atoms with Crippen LogP contribution < -0.4 is 5.32 Å². The normalized spacial score (nSPS) is 15.6. The number of esters is 1. The molecule has 0 aliphatic heterocycles. The lowest BCUT2D eigenvalue weighted by molar-refractivity contribution is -0.178. The Balaban J connectivity index is 4.82. The lowest BCUT2D eigenvalue weighted by Gasteiger charge is -2.29. The van der Waals surface area contributed by atoms with Crippen molar-refractivity contribution in [1.29, 1.82) is 0 Å². The Morgan fingerprint density at radius 1 is 1.00 bits per heavy atom. The number of carbonyl (C=O) groups excluding carboxylic acids is 2. The van der Waals surface area contributed by atoms with Crippen LogP contribution in [0, 0.1) is 29.6 Å². The monoisotopic (exact) mass is 401 g/mol. The molecule has 0 aromatic rings. The molecule has 0 aromatic carbocycles. The number of carboxylic acids is 1. The third kappa shape index (κ3) is 10.5. The number of ether oxygens (including phenoxy) is 2. The average Bonchev–Trinajstić information content (AvgIpc) is 2.61. The van der Waals surface area contributed by atoms with Gasteiger partial charge >= 0.3 is 18.0 Å². The highest BCUT2D eigenvalue weighted by Crippen LogP contribution is 2.27. The van der Waals surface area contributed by atoms with Gasteiger partial charge in [0.2, 0.25) is 0 Å². The van der Waals surface area contributed by atoms with Gasteiger partial charge in [0.1, 0.15) is 0 Å². The standard InChI is InChI=1S/C21H39NO6/c1-8-9-10-15(6)16(7)17(11-18(23)24)12-22-21(26)28-20(14(4)5)27-19(25)13(2)3/h13-17,20H,8-12H2,1-7H3,(H,22,26)(H,23,24)/t15-,16-,17+,20+/m1/s1. The summed E-state index contributed by atoms with van der Waals surface area (Å²) in [4.78, 5) is 35.2. The molecular weight excluding hydrogens is 362 g/mol. The smallest absolute Gasteiger partial charge is 0.410 e. The van der Waals surface area contributed by atoms with Crippen LogP contribution in [0.3, 0.4) is 0 Å². The SMILES string of the molecule is CCCC[C@@H](C)[C@@H](C)[C@H](CNC(=O)O[C@H](OC(=O)C(C)C)C(C)C)CC(=O)O. The zero-order valence-electron chi connectivity index (χ0n) is 18.5. The minimum absolute atomic E-state index is 0.0200. The fraction of sp³-hybridized carbons (Fsp3) is 0.857. The highest BCUT2D eigenvalue weighted by Gasteiger charge is 2.27. The van der Waals surface area contributed by atoms with Crippen molar-refractivity contribution >= 4 is 18.0 Å². The topological polar surface area (TPSA) is 102 Å². The first-order valence-electron chi connectivity index (χ1n) is 10.4. The van der Waals surface area contributed by atoms with Crippen LogP contribution in [0.15, 0.2) is 0 Å². The van der Waals surface area contributed by atoms with Crippen molar-refractivity contribution in [3.63, 3.8) is 0 Å². The number of rotatable bonds is 13. The van der Waals surface area contributed by atoms with Crippen molar-refractivity contribution in [2.45, 2.75) is 80.4 Å². The number of unbranched alkanes of at least 4 members (excludes halogenated alkanes) is 1. The first kappa shape index (κ1) is 26.2. The van der Waals surface area contributed by atoms with Crippen molar-refractivity contribution < 1.29 is 29.0 Å². The number of carbonyl (C=O) groups is 3. The Morgan fingerprint density at radius 2 is 1.61 bits per heavy atom. The second-order valence-electron chi connectivity index (χ2n) is 8.33. The molecule has 0 rings (SSSR count). The van der Waals surface area contributed by atoms with Crippen molar-refractivity contribution in [2.24, 2.45) is 29.6 Å². The molecule has 0 radical (unpaired) electrons. The van der Waals surface area contributed by atoms with E-state index in [4.69, 9.17) is 9.47 Å². The second-order valence-corrected chi connectivity index (χ2v) is 8.33. The van der Waals surface area contributed by atoms with Crippen LogP contribution in [0.4, 0.5) is 4.79 Å². The zero-order valence-corrected chi connectivity index (χ0v) is 18.5. The molecule has 0 spiro atoms. The summed E-state index contributed by atoms with van der Waals surface area (Å²) in [6.07, 6.45) is 1.51. The predicted molar refractivity (Wildman–Crippen MR) is 108 cm³/mol. The Morgan fingerprint density at radius 3 is 2.07 bits per heavy atom. The third-order valence-corrected chi connectivity index (χ3v) is 5.07. The third-order valence-electron chi connectivity index (χ3n) is 5.07. The summed E-state index contributed by atoms with van der Waals surface area (Å²) in [5.74, 6) is -1.54. The van der Waals surface area contributed by atoms with Crippen molar-refractivity contribution in [2.75, 3.05) is 6.54 Å². The van der Waals surface area contributed by atoms with Crippen LogP contribution in [0.1, 0.15) is 74.1 Å². The van der Waals surface area contributed by atoms with Gasteiger partial charge in [-0.25, -0.2) is 4.79 Å². The zero-order chi connectivity index (χ0) is 21.9.